The molecule has 0 spiro atoms. The number of carbonyl (C=O) groups excluding carboxylic acids is 1. The van der Waals surface area contributed by atoms with Gasteiger partial charge < -0.3 is 14.8 Å². The van der Waals surface area contributed by atoms with Crippen LogP contribution in [0.4, 0.5) is 11.4 Å². The fourth-order valence-corrected chi connectivity index (χ4v) is 2.52. The molecule has 1 amide bonds. The molecule has 1 unspecified atom stereocenters. The van der Waals surface area contributed by atoms with Gasteiger partial charge in [-0.2, -0.15) is 0 Å². The summed E-state index contributed by atoms with van der Waals surface area (Å²) in [4.78, 5) is 22.5. The maximum atomic E-state index is 12.3. The standard InChI is InChI=1S/C18H20N2O5/c1-12(16-8-7-15(24-2)11-17(16)25-3)9-18(21)19-13-5-4-6-14(10-13)20(22)23/h4-8,10-12H,9H2,1-3H3,(H,19,21). The normalized spacial score (nSPS) is 11.5. The molecule has 0 aromatic heterocycles. The van der Waals surface area contributed by atoms with Gasteiger partial charge in [0.15, 0.2) is 0 Å². The minimum Gasteiger partial charge on any atom is -0.497 e. The average Bonchev–Trinajstić information content (AvgIpc) is 2.61. The van der Waals surface area contributed by atoms with Crippen LogP contribution in [0.2, 0.25) is 0 Å². The Morgan fingerprint density at radius 3 is 2.60 bits per heavy atom. The molecule has 2 aromatic rings. The van der Waals surface area contributed by atoms with E-state index >= 15 is 0 Å². The molecule has 0 aliphatic rings. The first-order valence-corrected chi connectivity index (χ1v) is 7.70. The highest BCUT2D eigenvalue weighted by Crippen LogP contribution is 2.32. The molecule has 0 saturated heterocycles. The molecule has 2 rings (SSSR count). The molecule has 7 heteroatoms. The highest BCUT2D eigenvalue weighted by molar-refractivity contribution is 5.91. The van der Waals surface area contributed by atoms with Crippen LogP contribution in [0.3, 0.4) is 0 Å². The molecule has 0 bridgehead atoms. The molecule has 0 heterocycles. The molecular weight excluding hydrogens is 324 g/mol. The number of ether oxygens (including phenoxy) is 2. The summed E-state index contributed by atoms with van der Waals surface area (Å²) in [7, 11) is 3.14. The average molecular weight is 344 g/mol. The molecule has 0 fully saturated rings. The second-order valence-corrected chi connectivity index (χ2v) is 5.57. The van der Waals surface area contributed by atoms with Crippen LogP contribution < -0.4 is 14.8 Å². The number of non-ortho nitro benzene ring substituents is 1. The lowest BCUT2D eigenvalue weighted by Crippen LogP contribution is -2.15. The quantitative estimate of drug-likeness (QED) is 0.610. The lowest BCUT2D eigenvalue weighted by Gasteiger charge is -2.16. The van der Waals surface area contributed by atoms with Crippen molar-refractivity contribution in [2.45, 2.75) is 19.3 Å². The predicted molar refractivity (Wildman–Crippen MR) is 94.3 cm³/mol. The largest absolute Gasteiger partial charge is 0.497 e. The minimum absolute atomic E-state index is 0.0670. The maximum absolute atomic E-state index is 12.3. The van der Waals surface area contributed by atoms with E-state index in [1.54, 1.807) is 26.4 Å². The van der Waals surface area contributed by atoms with Gasteiger partial charge in [0.05, 0.1) is 19.1 Å². The lowest BCUT2D eigenvalue weighted by molar-refractivity contribution is -0.384. The van der Waals surface area contributed by atoms with Gasteiger partial charge in [-0.1, -0.05) is 19.1 Å². The van der Waals surface area contributed by atoms with Crippen LogP contribution >= 0.6 is 0 Å². The first-order valence-electron chi connectivity index (χ1n) is 7.70. The number of carbonyl (C=O) groups is 1. The van der Waals surface area contributed by atoms with Crippen molar-refractivity contribution in [1.29, 1.82) is 0 Å². The van der Waals surface area contributed by atoms with Crippen LogP contribution in [-0.2, 0) is 4.79 Å². The third-order valence-corrected chi connectivity index (χ3v) is 3.80. The third kappa shape index (κ3) is 4.69. The fourth-order valence-electron chi connectivity index (χ4n) is 2.52. The number of methoxy groups -OCH3 is 2. The van der Waals surface area contributed by atoms with Crippen molar-refractivity contribution >= 4 is 17.3 Å². The number of hydrogen-bond acceptors (Lipinski definition) is 5. The van der Waals surface area contributed by atoms with Gasteiger partial charge in [-0.15, -0.1) is 0 Å². The molecule has 0 radical (unpaired) electrons. The van der Waals surface area contributed by atoms with Crippen LogP contribution in [-0.4, -0.2) is 25.1 Å². The Balaban J connectivity index is 2.07. The number of nitrogens with one attached hydrogen (secondary N) is 1. The van der Waals surface area contributed by atoms with Crippen molar-refractivity contribution in [1.82, 2.24) is 0 Å². The van der Waals surface area contributed by atoms with Gasteiger partial charge >= 0.3 is 0 Å². The van der Waals surface area contributed by atoms with Gasteiger partial charge in [-0.05, 0) is 23.6 Å². The van der Waals surface area contributed by atoms with Gasteiger partial charge in [0.1, 0.15) is 11.5 Å². The van der Waals surface area contributed by atoms with Crippen molar-refractivity contribution in [2.75, 3.05) is 19.5 Å². The van der Waals surface area contributed by atoms with E-state index in [4.69, 9.17) is 9.47 Å². The van der Waals surface area contributed by atoms with E-state index in [1.165, 1.54) is 18.2 Å². The topological polar surface area (TPSA) is 90.7 Å². The molecule has 1 N–H and O–H groups in total. The van der Waals surface area contributed by atoms with E-state index in [0.717, 1.165) is 5.56 Å². The Morgan fingerprint density at radius 1 is 1.20 bits per heavy atom. The maximum Gasteiger partial charge on any atom is 0.271 e. The third-order valence-electron chi connectivity index (χ3n) is 3.80. The first kappa shape index (κ1) is 18.3. The molecule has 25 heavy (non-hydrogen) atoms. The SMILES string of the molecule is COc1ccc(C(C)CC(=O)Nc2cccc([N+](=O)[O-])c2)c(OC)c1. The summed E-state index contributed by atoms with van der Waals surface area (Å²) in [6, 6.07) is 11.3. The summed E-state index contributed by atoms with van der Waals surface area (Å²) in [5.41, 5.74) is 1.22. The molecule has 0 aliphatic carbocycles. The van der Waals surface area contributed by atoms with Crippen LogP contribution in [0, 0.1) is 10.1 Å². The fraction of sp³-hybridized carbons (Fsp3) is 0.278. The Labute approximate surface area is 145 Å². The van der Waals surface area contributed by atoms with E-state index in [2.05, 4.69) is 5.32 Å². The Bertz CT molecular complexity index is 776. The number of anilines is 1. The number of nitro benzene ring substituents is 1. The predicted octanol–water partition coefficient (Wildman–Crippen LogP) is 3.74. The Hall–Kier alpha value is -3.09. The van der Waals surface area contributed by atoms with E-state index < -0.39 is 4.92 Å². The second kappa shape index (κ2) is 8.14. The van der Waals surface area contributed by atoms with Crippen molar-refractivity contribution in [3.8, 4) is 11.5 Å². The van der Waals surface area contributed by atoms with Crippen molar-refractivity contribution < 1.29 is 19.2 Å². The molecule has 0 saturated carbocycles. The summed E-state index contributed by atoms with van der Waals surface area (Å²) in [5, 5.41) is 13.5. The Morgan fingerprint density at radius 2 is 1.96 bits per heavy atom. The number of benzene rings is 2. The summed E-state index contributed by atoms with van der Waals surface area (Å²) < 4.78 is 10.5. The highest BCUT2D eigenvalue weighted by Gasteiger charge is 2.17. The number of hydrogen-bond donors (Lipinski definition) is 1. The number of nitrogens with zero attached hydrogens (tertiary/aromatic N) is 1. The number of nitro groups is 1. The van der Waals surface area contributed by atoms with E-state index in [1.807, 2.05) is 19.1 Å². The van der Waals surface area contributed by atoms with E-state index in [9.17, 15) is 14.9 Å². The minimum atomic E-state index is -0.500. The Kier molecular flexibility index (Phi) is 5.94. The van der Waals surface area contributed by atoms with Crippen LogP contribution in [0.15, 0.2) is 42.5 Å². The smallest absolute Gasteiger partial charge is 0.271 e. The van der Waals surface area contributed by atoms with Crippen molar-refractivity contribution in [3.63, 3.8) is 0 Å². The van der Waals surface area contributed by atoms with Gasteiger partial charge in [0.25, 0.3) is 5.69 Å². The summed E-state index contributed by atoms with van der Waals surface area (Å²) >= 11 is 0. The lowest BCUT2D eigenvalue weighted by atomic mass is 9.96. The zero-order valence-corrected chi connectivity index (χ0v) is 14.3. The first-order chi connectivity index (χ1) is 11.9. The van der Waals surface area contributed by atoms with Gasteiger partial charge in [0.2, 0.25) is 5.91 Å². The summed E-state index contributed by atoms with van der Waals surface area (Å²) in [5.74, 6) is 0.995. The van der Waals surface area contributed by atoms with Crippen LogP contribution in [0.5, 0.6) is 11.5 Å². The monoisotopic (exact) mass is 344 g/mol. The van der Waals surface area contributed by atoms with Crippen molar-refractivity contribution in [3.05, 3.63) is 58.1 Å². The van der Waals surface area contributed by atoms with Crippen LogP contribution in [0.1, 0.15) is 24.8 Å². The van der Waals surface area contributed by atoms with E-state index in [-0.39, 0.29) is 23.9 Å². The summed E-state index contributed by atoms with van der Waals surface area (Å²) in [6.45, 7) is 1.91. The van der Waals surface area contributed by atoms with Crippen LogP contribution in [0.25, 0.3) is 0 Å². The molecular formula is C18H20N2O5. The van der Waals surface area contributed by atoms with Crippen molar-refractivity contribution in [2.24, 2.45) is 0 Å². The van der Waals surface area contributed by atoms with E-state index in [0.29, 0.717) is 17.2 Å². The molecule has 132 valence electrons. The van der Waals surface area contributed by atoms with Gasteiger partial charge in [0, 0.05) is 30.3 Å². The highest BCUT2D eigenvalue weighted by atomic mass is 16.6. The number of amides is 1. The molecule has 1 atom stereocenters. The molecule has 2 aromatic carbocycles. The zero-order valence-electron chi connectivity index (χ0n) is 14.3. The second-order valence-electron chi connectivity index (χ2n) is 5.57. The number of rotatable bonds is 7. The summed E-state index contributed by atoms with van der Waals surface area (Å²) in [6.07, 6.45) is 0.214. The van der Waals surface area contributed by atoms with Gasteiger partial charge in [-0.3, -0.25) is 14.9 Å². The zero-order chi connectivity index (χ0) is 18.4. The molecule has 0 aliphatic heterocycles. The van der Waals surface area contributed by atoms with Gasteiger partial charge in [-0.25, -0.2) is 0 Å². The molecule has 7 nitrogen and oxygen atoms in total.